The Labute approximate surface area is 282 Å². The van der Waals surface area contributed by atoms with Crippen molar-refractivity contribution < 1.29 is 4.42 Å². The summed E-state index contributed by atoms with van der Waals surface area (Å²) in [5.41, 5.74) is 6.99. The molecule has 10 rings (SSSR count). The van der Waals surface area contributed by atoms with Crippen LogP contribution in [0, 0.1) is 0 Å². The van der Waals surface area contributed by atoms with Gasteiger partial charge in [0.2, 0.25) is 0 Å². The fourth-order valence-electron chi connectivity index (χ4n) is 7.13. The fraction of sp³-hybridized carbons (Fsp3) is 0. The zero-order chi connectivity index (χ0) is 32.3. The van der Waals surface area contributed by atoms with Gasteiger partial charge in [0.25, 0.3) is 0 Å². The van der Waals surface area contributed by atoms with Crippen molar-refractivity contribution in [3.63, 3.8) is 0 Å². The molecule has 0 bridgehead atoms. The average molecular weight is 626 g/mol. The van der Waals surface area contributed by atoms with Crippen molar-refractivity contribution in [1.82, 2.24) is 15.0 Å². The van der Waals surface area contributed by atoms with Crippen molar-refractivity contribution in [2.75, 3.05) is 0 Å². The van der Waals surface area contributed by atoms with E-state index in [-0.39, 0.29) is 0 Å². The molecule has 4 heteroatoms. The van der Waals surface area contributed by atoms with E-state index in [2.05, 4.69) is 121 Å². The molecule has 2 aromatic heterocycles. The van der Waals surface area contributed by atoms with E-state index in [4.69, 9.17) is 19.4 Å². The number of nitrogens with zero attached hydrogens (tertiary/aromatic N) is 3. The standard InChI is InChI=1S/C45H27N3O/c1-2-12-29(13-3-1)43-46-44(32-22-21-28-11-4-5-14-30(28)25-32)48-45(47-43)38-24-23-36(33-16-6-7-17-34(33)38)35-19-10-15-31-26-42-40(27-39(31)35)37-18-8-9-20-41(37)49-42/h1-27H. The van der Waals surface area contributed by atoms with Crippen LogP contribution in [0.5, 0.6) is 0 Å². The van der Waals surface area contributed by atoms with Crippen molar-refractivity contribution in [2.45, 2.75) is 0 Å². The first-order valence-corrected chi connectivity index (χ1v) is 16.4. The van der Waals surface area contributed by atoms with Gasteiger partial charge in [0.1, 0.15) is 11.2 Å². The molecule has 49 heavy (non-hydrogen) atoms. The average Bonchev–Trinajstić information content (AvgIpc) is 3.54. The molecular formula is C45H27N3O. The number of benzene rings is 8. The van der Waals surface area contributed by atoms with Crippen molar-refractivity contribution in [3.05, 3.63) is 164 Å². The molecule has 0 aliphatic carbocycles. The maximum atomic E-state index is 6.23. The van der Waals surface area contributed by atoms with Crippen molar-refractivity contribution in [1.29, 1.82) is 0 Å². The Morgan fingerprint density at radius 3 is 1.80 bits per heavy atom. The lowest BCUT2D eigenvalue weighted by atomic mass is 9.91. The lowest BCUT2D eigenvalue weighted by Crippen LogP contribution is -2.01. The highest BCUT2D eigenvalue weighted by atomic mass is 16.3. The maximum Gasteiger partial charge on any atom is 0.164 e. The van der Waals surface area contributed by atoms with E-state index in [1.54, 1.807) is 0 Å². The topological polar surface area (TPSA) is 51.8 Å². The van der Waals surface area contributed by atoms with E-state index in [1.165, 1.54) is 16.3 Å². The van der Waals surface area contributed by atoms with Gasteiger partial charge in [0.15, 0.2) is 17.5 Å². The zero-order valence-electron chi connectivity index (χ0n) is 26.3. The Morgan fingerprint density at radius 2 is 0.939 bits per heavy atom. The van der Waals surface area contributed by atoms with Crippen LogP contribution in [0.2, 0.25) is 0 Å². The van der Waals surface area contributed by atoms with Crippen molar-refractivity contribution in [2.24, 2.45) is 0 Å². The highest BCUT2D eigenvalue weighted by molar-refractivity contribution is 6.15. The van der Waals surface area contributed by atoms with Gasteiger partial charge in [0.05, 0.1) is 0 Å². The largest absolute Gasteiger partial charge is 0.456 e. The molecule has 10 aromatic rings. The molecule has 0 fully saturated rings. The maximum absolute atomic E-state index is 6.23. The van der Waals surface area contributed by atoms with Gasteiger partial charge in [-0.25, -0.2) is 15.0 Å². The van der Waals surface area contributed by atoms with Crippen LogP contribution in [0.4, 0.5) is 0 Å². The van der Waals surface area contributed by atoms with Gasteiger partial charge in [-0.2, -0.15) is 0 Å². The van der Waals surface area contributed by atoms with Crippen LogP contribution in [0.3, 0.4) is 0 Å². The normalized spacial score (nSPS) is 11.7. The second-order valence-electron chi connectivity index (χ2n) is 12.4. The van der Waals surface area contributed by atoms with Gasteiger partial charge < -0.3 is 4.42 Å². The second kappa shape index (κ2) is 11.0. The van der Waals surface area contributed by atoms with Crippen LogP contribution in [0.25, 0.3) is 99.5 Å². The minimum absolute atomic E-state index is 0.643. The fourth-order valence-corrected chi connectivity index (χ4v) is 7.13. The Kier molecular flexibility index (Phi) is 6.15. The quantitative estimate of drug-likeness (QED) is 0.195. The van der Waals surface area contributed by atoms with E-state index in [0.29, 0.717) is 17.5 Å². The summed E-state index contributed by atoms with van der Waals surface area (Å²) in [4.78, 5) is 15.2. The summed E-state index contributed by atoms with van der Waals surface area (Å²) in [5.74, 6) is 1.93. The summed E-state index contributed by atoms with van der Waals surface area (Å²) in [7, 11) is 0. The number of para-hydroxylation sites is 1. The molecule has 0 amide bonds. The molecular weight excluding hydrogens is 599 g/mol. The van der Waals surface area contributed by atoms with Crippen LogP contribution in [0.1, 0.15) is 0 Å². The van der Waals surface area contributed by atoms with Crippen molar-refractivity contribution in [3.8, 4) is 45.3 Å². The third-order valence-electron chi connectivity index (χ3n) is 9.51. The van der Waals surface area contributed by atoms with E-state index in [1.807, 2.05) is 42.5 Å². The predicted octanol–water partition coefficient (Wildman–Crippen LogP) is 11.9. The van der Waals surface area contributed by atoms with E-state index in [9.17, 15) is 0 Å². The first-order valence-electron chi connectivity index (χ1n) is 16.4. The number of rotatable bonds is 4. The molecule has 0 saturated carbocycles. The third-order valence-corrected chi connectivity index (χ3v) is 9.51. The van der Waals surface area contributed by atoms with Crippen LogP contribution in [0.15, 0.2) is 168 Å². The molecule has 0 aliphatic heterocycles. The molecule has 228 valence electrons. The number of aromatic nitrogens is 3. The summed E-state index contributed by atoms with van der Waals surface area (Å²) in [6.07, 6.45) is 0. The molecule has 0 N–H and O–H groups in total. The number of fused-ring (bicyclic) bond motifs is 6. The van der Waals surface area contributed by atoms with E-state index < -0.39 is 0 Å². The van der Waals surface area contributed by atoms with Gasteiger partial charge in [-0.3, -0.25) is 0 Å². The molecule has 0 unspecified atom stereocenters. The van der Waals surface area contributed by atoms with Crippen LogP contribution >= 0.6 is 0 Å². The molecule has 2 heterocycles. The van der Waals surface area contributed by atoms with Gasteiger partial charge in [0, 0.05) is 27.5 Å². The molecule has 4 nitrogen and oxygen atoms in total. The number of furan rings is 1. The van der Waals surface area contributed by atoms with E-state index in [0.717, 1.165) is 65.7 Å². The van der Waals surface area contributed by atoms with Crippen molar-refractivity contribution >= 4 is 54.3 Å². The number of hydrogen-bond donors (Lipinski definition) is 0. The molecule has 0 atom stereocenters. The SMILES string of the molecule is c1ccc(-c2nc(-c3ccc4ccccc4c3)nc(-c3ccc(-c4cccc5cc6oc7ccccc7c6cc45)c4ccccc34)n2)cc1. The molecule has 8 aromatic carbocycles. The Hall–Kier alpha value is -6.65. The lowest BCUT2D eigenvalue weighted by molar-refractivity contribution is 0.669. The molecule has 0 saturated heterocycles. The monoisotopic (exact) mass is 625 g/mol. The summed E-state index contributed by atoms with van der Waals surface area (Å²) in [5, 5.41) is 9.12. The van der Waals surface area contributed by atoms with Gasteiger partial charge in [-0.15, -0.1) is 0 Å². The summed E-state index contributed by atoms with van der Waals surface area (Å²) in [6, 6.07) is 57.0. The minimum Gasteiger partial charge on any atom is -0.456 e. The van der Waals surface area contributed by atoms with Gasteiger partial charge >= 0.3 is 0 Å². The first kappa shape index (κ1) is 27.5. The van der Waals surface area contributed by atoms with E-state index >= 15 is 0 Å². The summed E-state index contributed by atoms with van der Waals surface area (Å²) < 4.78 is 6.23. The smallest absolute Gasteiger partial charge is 0.164 e. The summed E-state index contributed by atoms with van der Waals surface area (Å²) >= 11 is 0. The first-order chi connectivity index (χ1) is 24.3. The Balaban J connectivity index is 1.19. The number of hydrogen-bond acceptors (Lipinski definition) is 4. The Morgan fingerprint density at radius 1 is 0.306 bits per heavy atom. The van der Waals surface area contributed by atoms with Crippen LogP contribution in [-0.2, 0) is 0 Å². The van der Waals surface area contributed by atoms with Gasteiger partial charge in [-0.1, -0.05) is 133 Å². The minimum atomic E-state index is 0.643. The molecule has 0 spiro atoms. The Bertz CT molecular complexity index is 2890. The molecule has 0 aliphatic rings. The predicted molar refractivity (Wildman–Crippen MR) is 201 cm³/mol. The lowest BCUT2D eigenvalue weighted by Gasteiger charge is -2.14. The molecule has 0 radical (unpaired) electrons. The van der Waals surface area contributed by atoms with Crippen LogP contribution < -0.4 is 0 Å². The van der Waals surface area contributed by atoms with Gasteiger partial charge in [-0.05, 0) is 73.8 Å². The highest BCUT2D eigenvalue weighted by Crippen LogP contribution is 2.40. The zero-order valence-corrected chi connectivity index (χ0v) is 26.3. The highest BCUT2D eigenvalue weighted by Gasteiger charge is 2.18. The third kappa shape index (κ3) is 4.57. The second-order valence-corrected chi connectivity index (χ2v) is 12.4. The van der Waals surface area contributed by atoms with Crippen LogP contribution in [-0.4, -0.2) is 15.0 Å². The summed E-state index contributed by atoms with van der Waals surface area (Å²) in [6.45, 7) is 0.